The minimum atomic E-state index is -0.492. The van der Waals surface area contributed by atoms with E-state index in [4.69, 9.17) is 4.42 Å². The highest BCUT2D eigenvalue weighted by Gasteiger charge is 2.20. The van der Waals surface area contributed by atoms with Gasteiger partial charge in [-0.15, -0.1) is 0 Å². The van der Waals surface area contributed by atoms with Crippen LogP contribution < -0.4 is 10.6 Å². The molecule has 1 atom stereocenters. The smallest absolute Gasteiger partial charge is 0.243 e. The van der Waals surface area contributed by atoms with Crippen molar-refractivity contribution in [2.75, 3.05) is 5.32 Å². The zero-order valence-electron chi connectivity index (χ0n) is 14.9. The van der Waals surface area contributed by atoms with E-state index < -0.39 is 6.04 Å². The second-order valence-electron chi connectivity index (χ2n) is 6.16. The van der Waals surface area contributed by atoms with E-state index in [1.165, 1.54) is 0 Å². The van der Waals surface area contributed by atoms with Crippen molar-refractivity contribution in [3.63, 3.8) is 0 Å². The van der Waals surface area contributed by atoms with Crippen LogP contribution in [0.5, 0.6) is 0 Å². The zero-order valence-corrected chi connectivity index (χ0v) is 14.9. The van der Waals surface area contributed by atoms with Crippen LogP contribution in [0.3, 0.4) is 0 Å². The van der Waals surface area contributed by atoms with E-state index >= 15 is 0 Å². The first kappa shape index (κ1) is 17.7. The number of benzene rings is 1. The minimum absolute atomic E-state index is 0.131. The van der Waals surface area contributed by atoms with Gasteiger partial charge in [0, 0.05) is 17.8 Å². The van der Waals surface area contributed by atoms with Crippen LogP contribution in [-0.2, 0) is 17.8 Å². The van der Waals surface area contributed by atoms with Crippen LogP contribution in [-0.4, -0.2) is 21.9 Å². The van der Waals surface area contributed by atoms with Gasteiger partial charge in [-0.3, -0.25) is 4.79 Å². The number of anilines is 1. The molecule has 3 rings (SSSR count). The number of hydrogen-bond acceptors (Lipinski definition) is 5. The predicted octanol–water partition coefficient (Wildman–Crippen LogP) is 3.03. The summed E-state index contributed by atoms with van der Waals surface area (Å²) in [7, 11) is 0. The first-order valence-electron chi connectivity index (χ1n) is 8.53. The fraction of sp³-hybridized carbons (Fsp3) is 0.250. The number of carbonyl (C=O) groups excluding carboxylic acids is 1. The summed E-state index contributed by atoms with van der Waals surface area (Å²) in [6.45, 7) is 4.15. The molecule has 2 heterocycles. The van der Waals surface area contributed by atoms with Crippen molar-refractivity contribution in [1.29, 1.82) is 0 Å². The molecule has 2 N–H and O–H groups in total. The van der Waals surface area contributed by atoms with Gasteiger partial charge in [-0.05, 0) is 37.6 Å². The Hall–Kier alpha value is -3.15. The molecule has 0 aliphatic carbocycles. The van der Waals surface area contributed by atoms with Gasteiger partial charge < -0.3 is 15.1 Å². The van der Waals surface area contributed by atoms with E-state index in [0.29, 0.717) is 24.7 Å². The molecular formula is C20H22N4O2. The van der Waals surface area contributed by atoms with Crippen LogP contribution in [0.15, 0.2) is 59.2 Å². The van der Waals surface area contributed by atoms with Crippen LogP contribution in [0, 0.1) is 13.8 Å². The Balaban J connectivity index is 1.74. The summed E-state index contributed by atoms with van der Waals surface area (Å²) in [6, 6.07) is 14.9. The number of furan rings is 1. The molecule has 0 fully saturated rings. The van der Waals surface area contributed by atoms with E-state index in [2.05, 4.69) is 20.6 Å². The number of aryl methyl sites for hydroxylation is 2. The zero-order chi connectivity index (χ0) is 18.4. The van der Waals surface area contributed by atoms with E-state index in [1.807, 2.05) is 56.3 Å². The molecule has 6 nitrogen and oxygen atoms in total. The Bertz CT molecular complexity index is 827. The summed E-state index contributed by atoms with van der Waals surface area (Å²) in [5.41, 5.74) is 2.77. The minimum Gasteiger partial charge on any atom is -0.467 e. The summed E-state index contributed by atoms with van der Waals surface area (Å²) in [6.07, 6.45) is 2.12. The van der Waals surface area contributed by atoms with Gasteiger partial charge >= 0.3 is 0 Å². The highest BCUT2D eigenvalue weighted by Crippen LogP contribution is 2.10. The molecule has 134 valence electrons. The van der Waals surface area contributed by atoms with Gasteiger partial charge in [0.1, 0.15) is 11.8 Å². The molecule has 3 aromatic rings. The van der Waals surface area contributed by atoms with Crippen molar-refractivity contribution in [2.45, 2.75) is 32.9 Å². The molecule has 0 radical (unpaired) electrons. The summed E-state index contributed by atoms with van der Waals surface area (Å²) in [5, 5.41) is 6.08. The lowest BCUT2D eigenvalue weighted by atomic mass is 10.1. The number of amides is 1. The van der Waals surface area contributed by atoms with Crippen molar-refractivity contribution in [3.8, 4) is 0 Å². The van der Waals surface area contributed by atoms with Gasteiger partial charge in [-0.25, -0.2) is 9.97 Å². The third-order valence-electron chi connectivity index (χ3n) is 3.90. The lowest BCUT2D eigenvalue weighted by molar-refractivity contribution is -0.122. The van der Waals surface area contributed by atoms with Crippen LogP contribution in [0.4, 0.5) is 5.95 Å². The van der Waals surface area contributed by atoms with Crippen LogP contribution in [0.25, 0.3) is 0 Å². The van der Waals surface area contributed by atoms with Gasteiger partial charge in [0.25, 0.3) is 0 Å². The Morgan fingerprint density at radius 2 is 1.81 bits per heavy atom. The number of nitrogens with one attached hydrogen (secondary N) is 2. The van der Waals surface area contributed by atoms with Gasteiger partial charge in [-0.1, -0.05) is 30.3 Å². The van der Waals surface area contributed by atoms with Crippen molar-refractivity contribution < 1.29 is 9.21 Å². The molecule has 0 saturated heterocycles. The number of carbonyl (C=O) groups is 1. The molecular weight excluding hydrogens is 328 g/mol. The van der Waals surface area contributed by atoms with Crippen LogP contribution in [0.2, 0.25) is 0 Å². The molecule has 1 amide bonds. The quantitative estimate of drug-likeness (QED) is 0.685. The second kappa shape index (κ2) is 8.29. The molecule has 1 unspecified atom stereocenters. The maximum atomic E-state index is 12.7. The molecule has 2 aromatic heterocycles. The van der Waals surface area contributed by atoms with Gasteiger partial charge in [0.2, 0.25) is 11.9 Å². The first-order valence-corrected chi connectivity index (χ1v) is 8.53. The Kier molecular flexibility index (Phi) is 5.63. The van der Waals surface area contributed by atoms with Gasteiger partial charge in [0.15, 0.2) is 0 Å². The molecule has 0 spiro atoms. The summed E-state index contributed by atoms with van der Waals surface area (Å²) in [4.78, 5) is 21.5. The fourth-order valence-corrected chi connectivity index (χ4v) is 2.72. The van der Waals surface area contributed by atoms with Crippen molar-refractivity contribution in [1.82, 2.24) is 15.3 Å². The third-order valence-corrected chi connectivity index (χ3v) is 3.90. The fourth-order valence-electron chi connectivity index (χ4n) is 2.72. The SMILES string of the molecule is Cc1cc(C)nc(NC(Cc2ccccc2)C(=O)NCc2ccco2)n1. The number of hydrogen-bond donors (Lipinski definition) is 2. The third kappa shape index (κ3) is 4.92. The molecule has 0 aliphatic heterocycles. The Morgan fingerprint density at radius 3 is 2.46 bits per heavy atom. The number of aromatic nitrogens is 2. The van der Waals surface area contributed by atoms with Crippen LogP contribution in [0.1, 0.15) is 22.7 Å². The lowest BCUT2D eigenvalue weighted by Gasteiger charge is -2.19. The Morgan fingerprint density at radius 1 is 1.08 bits per heavy atom. The van der Waals surface area contributed by atoms with Crippen molar-refractivity contribution in [2.24, 2.45) is 0 Å². The molecule has 0 aliphatic rings. The topological polar surface area (TPSA) is 80.0 Å². The predicted molar refractivity (Wildman–Crippen MR) is 99.6 cm³/mol. The first-order chi connectivity index (χ1) is 12.6. The van der Waals surface area contributed by atoms with E-state index in [1.54, 1.807) is 12.3 Å². The average Bonchev–Trinajstić information content (AvgIpc) is 3.13. The lowest BCUT2D eigenvalue weighted by Crippen LogP contribution is -2.41. The normalized spacial score (nSPS) is 11.8. The van der Waals surface area contributed by atoms with E-state index in [0.717, 1.165) is 17.0 Å². The monoisotopic (exact) mass is 350 g/mol. The largest absolute Gasteiger partial charge is 0.467 e. The maximum absolute atomic E-state index is 12.7. The maximum Gasteiger partial charge on any atom is 0.243 e. The van der Waals surface area contributed by atoms with E-state index in [-0.39, 0.29) is 5.91 Å². The van der Waals surface area contributed by atoms with Crippen molar-refractivity contribution in [3.05, 3.63) is 77.5 Å². The molecule has 6 heteroatoms. The standard InChI is InChI=1S/C20H22N4O2/c1-14-11-15(2)23-20(22-14)24-18(12-16-7-4-3-5-8-16)19(25)21-13-17-9-6-10-26-17/h3-11,18H,12-13H2,1-2H3,(H,21,25)(H,22,23,24). The second-order valence-corrected chi connectivity index (χ2v) is 6.16. The molecule has 0 saturated carbocycles. The molecule has 0 bridgehead atoms. The summed E-state index contributed by atoms with van der Waals surface area (Å²) >= 11 is 0. The highest BCUT2D eigenvalue weighted by molar-refractivity contribution is 5.84. The van der Waals surface area contributed by atoms with Crippen molar-refractivity contribution >= 4 is 11.9 Å². The number of rotatable bonds is 7. The van der Waals surface area contributed by atoms with Gasteiger partial charge in [-0.2, -0.15) is 0 Å². The van der Waals surface area contributed by atoms with E-state index in [9.17, 15) is 4.79 Å². The summed E-state index contributed by atoms with van der Waals surface area (Å²) in [5.74, 6) is 1.03. The number of nitrogens with zero attached hydrogens (tertiary/aromatic N) is 2. The average molecular weight is 350 g/mol. The highest BCUT2D eigenvalue weighted by atomic mass is 16.3. The molecule has 1 aromatic carbocycles. The summed E-state index contributed by atoms with van der Waals surface area (Å²) < 4.78 is 5.27. The molecule has 26 heavy (non-hydrogen) atoms. The van der Waals surface area contributed by atoms with Gasteiger partial charge in [0.05, 0.1) is 12.8 Å². The van der Waals surface area contributed by atoms with Crippen LogP contribution >= 0.6 is 0 Å². The Labute approximate surface area is 152 Å².